The third kappa shape index (κ3) is 6.27. The molecule has 8 heteroatoms. The number of pyridine rings is 1. The van der Waals surface area contributed by atoms with Crippen molar-refractivity contribution in [1.29, 1.82) is 0 Å². The molecule has 3 aliphatic rings. The van der Waals surface area contributed by atoms with Gasteiger partial charge in [-0.1, -0.05) is 37.3 Å². The topological polar surface area (TPSA) is 81.1 Å². The Morgan fingerprint density at radius 1 is 1.12 bits per heavy atom. The quantitative estimate of drug-likeness (QED) is 0.264. The number of nitrogens with zero attached hydrogens (tertiary/aromatic N) is 2. The summed E-state index contributed by atoms with van der Waals surface area (Å²) in [6, 6.07) is 14.5. The zero-order valence-corrected chi connectivity index (χ0v) is 25.2. The fraction of sp³-hybridized carbons (Fsp3) is 0.486. The van der Waals surface area contributed by atoms with Crippen molar-refractivity contribution in [3.8, 4) is 22.8 Å². The number of benzene rings is 2. The largest absolute Gasteiger partial charge is 0.485 e. The van der Waals surface area contributed by atoms with E-state index in [2.05, 4.69) is 34.1 Å². The lowest BCUT2D eigenvalue weighted by Gasteiger charge is -2.30. The highest BCUT2D eigenvalue weighted by Gasteiger charge is 2.39. The summed E-state index contributed by atoms with van der Waals surface area (Å²) in [7, 11) is 3.27. The molecule has 228 valence electrons. The van der Waals surface area contributed by atoms with Crippen molar-refractivity contribution >= 4 is 5.97 Å². The van der Waals surface area contributed by atoms with Crippen LogP contribution in [0.5, 0.6) is 11.6 Å². The molecule has 0 radical (unpaired) electrons. The molecule has 1 N–H and O–H groups in total. The lowest BCUT2D eigenvalue weighted by Crippen LogP contribution is -2.32. The predicted octanol–water partition coefficient (Wildman–Crippen LogP) is 6.79. The van der Waals surface area contributed by atoms with E-state index in [0.29, 0.717) is 36.6 Å². The highest BCUT2D eigenvalue weighted by molar-refractivity contribution is 5.71. The van der Waals surface area contributed by atoms with Crippen molar-refractivity contribution in [3.05, 3.63) is 76.7 Å². The summed E-state index contributed by atoms with van der Waals surface area (Å²) in [6.45, 7) is 4.12. The number of hydrogen-bond donors (Lipinski definition) is 1. The van der Waals surface area contributed by atoms with Crippen molar-refractivity contribution in [1.82, 2.24) is 9.88 Å². The molecule has 1 aliphatic carbocycles. The van der Waals surface area contributed by atoms with Crippen molar-refractivity contribution in [2.45, 2.75) is 70.1 Å². The van der Waals surface area contributed by atoms with Gasteiger partial charge in [-0.15, -0.1) is 0 Å². The molecule has 0 unspecified atom stereocenters. The molecule has 3 heterocycles. The Labute approximate surface area is 253 Å². The Morgan fingerprint density at radius 3 is 2.70 bits per heavy atom. The standard InChI is InChI=1S/C35H41FN2O5/c1-21(35(39)40)34(23-7-8-23)25-9-6-22-11-13-31(43-32(22)16-25)24-10-12-28(29-17-33(42-3)37-18-30(29)36)26(15-24)19-38-14-4-5-27(38)20-41-2/h6,9-10,12,15-18,21,23,27,31,34H,4-5,7-8,11,13-14,19-20H2,1-3H3,(H,39,40)/t21-,27+,31+,34-/m0/s1. The summed E-state index contributed by atoms with van der Waals surface area (Å²) in [5.41, 5.74) is 5.57. The summed E-state index contributed by atoms with van der Waals surface area (Å²) in [5, 5.41) is 9.77. The molecule has 0 bridgehead atoms. The average molecular weight is 589 g/mol. The fourth-order valence-corrected chi connectivity index (χ4v) is 7.05. The maximum atomic E-state index is 15.2. The van der Waals surface area contributed by atoms with Crippen LogP contribution in [-0.4, -0.2) is 54.4 Å². The van der Waals surface area contributed by atoms with E-state index in [0.717, 1.165) is 78.6 Å². The van der Waals surface area contributed by atoms with Crippen LogP contribution < -0.4 is 9.47 Å². The summed E-state index contributed by atoms with van der Waals surface area (Å²) in [4.78, 5) is 18.4. The number of carbonyl (C=O) groups is 1. The van der Waals surface area contributed by atoms with Gasteiger partial charge in [0.2, 0.25) is 5.88 Å². The summed E-state index contributed by atoms with van der Waals surface area (Å²) in [6.07, 6.45) is 7.09. The summed E-state index contributed by atoms with van der Waals surface area (Å²) < 4.78 is 32.6. The van der Waals surface area contributed by atoms with Gasteiger partial charge in [-0.3, -0.25) is 9.69 Å². The van der Waals surface area contributed by atoms with Gasteiger partial charge in [-0.25, -0.2) is 9.37 Å². The number of carboxylic acids is 1. The number of ether oxygens (including phenoxy) is 3. The number of methoxy groups -OCH3 is 2. The number of rotatable bonds is 11. The highest BCUT2D eigenvalue weighted by Crippen LogP contribution is 2.48. The first kappa shape index (κ1) is 29.6. The van der Waals surface area contributed by atoms with E-state index in [1.165, 1.54) is 13.3 Å². The number of likely N-dealkylation sites (tertiary alicyclic amines) is 1. The number of aryl methyl sites for hydroxylation is 1. The number of halogens is 1. The van der Waals surface area contributed by atoms with E-state index < -0.39 is 11.9 Å². The van der Waals surface area contributed by atoms with Gasteiger partial charge in [-0.2, -0.15) is 0 Å². The maximum Gasteiger partial charge on any atom is 0.306 e. The molecule has 1 aromatic heterocycles. The number of carboxylic acid groups (broad SMARTS) is 1. The predicted molar refractivity (Wildman–Crippen MR) is 162 cm³/mol. The van der Waals surface area contributed by atoms with Gasteiger partial charge in [0.05, 0.1) is 25.8 Å². The molecule has 2 aliphatic heterocycles. The van der Waals surface area contributed by atoms with Crippen LogP contribution in [0.3, 0.4) is 0 Å². The van der Waals surface area contributed by atoms with Gasteiger partial charge < -0.3 is 19.3 Å². The zero-order chi connectivity index (χ0) is 30.1. The molecule has 0 amide bonds. The number of aliphatic carboxylic acids is 1. The second kappa shape index (κ2) is 12.6. The van der Waals surface area contributed by atoms with E-state index in [1.807, 2.05) is 19.1 Å². The van der Waals surface area contributed by atoms with Gasteiger partial charge in [0, 0.05) is 31.3 Å². The SMILES string of the molecule is COC[C@H]1CCCN1Cc1cc([C@H]2CCc3ccc([C@H](C4CC4)[C@H](C)C(=O)O)cc3O2)ccc1-c1cc(OC)ncc1F. The number of hydrogen-bond acceptors (Lipinski definition) is 6. The third-order valence-corrected chi connectivity index (χ3v) is 9.54. The molecule has 2 fully saturated rings. The molecule has 1 saturated heterocycles. The Kier molecular flexibility index (Phi) is 8.68. The van der Waals surface area contributed by atoms with E-state index in [4.69, 9.17) is 14.2 Å². The summed E-state index contributed by atoms with van der Waals surface area (Å²) >= 11 is 0. The Morgan fingerprint density at radius 2 is 1.95 bits per heavy atom. The second-order valence-electron chi connectivity index (χ2n) is 12.3. The molecular formula is C35H41FN2O5. The van der Waals surface area contributed by atoms with Gasteiger partial charge in [-0.05, 0) is 90.8 Å². The minimum absolute atomic E-state index is 0.00887. The lowest BCUT2D eigenvalue weighted by atomic mass is 9.82. The van der Waals surface area contributed by atoms with Crippen LogP contribution in [0.4, 0.5) is 4.39 Å². The lowest BCUT2D eigenvalue weighted by molar-refractivity contribution is -0.142. The zero-order valence-electron chi connectivity index (χ0n) is 25.2. The Balaban J connectivity index is 1.32. The van der Waals surface area contributed by atoms with E-state index in [-0.39, 0.29) is 17.8 Å². The number of aromatic nitrogens is 1. The van der Waals surface area contributed by atoms with Crippen LogP contribution >= 0.6 is 0 Å². The first-order valence-electron chi connectivity index (χ1n) is 15.4. The number of fused-ring (bicyclic) bond motifs is 1. The minimum Gasteiger partial charge on any atom is -0.485 e. The van der Waals surface area contributed by atoms with Crippen LogP contribution in [0.15, 0.2) is 48.7 Å². The van der Waals surface area contributed by atoms with Crippen molar-refractivity contribution in [2.75, 3.05) is 27.4 Å². The summed E-state index contributed by atoms with van der Waals surface area (Å²) in [5.74, 6) is 0.0289. The normalized spacial score (nSPS) is 21.6. The van der Waals surface area contributed by atoms with Gasteiger partial charge in [0.25, 0.3) is 0 Å². The highest BCUT2D eigenvalue weighted by atomic mass is 19.1. The van der Waals surface area contributed by atoms with Crippen molar-refractivity contribution in [3.63, 3.8) is 0 Å². The molecule has 6 rings (SSSR count). The molecule has 0 spiro atoms. The molecule has 2 aromatic carbocycles. The van der Waals surface area contributed by atoms with Gasteiger partial charge in [0.1, 0.15) is 17.7 Å². The third-order valence-electron chi connectivity index (χ3n) is 9.54. The van der Waals surface area contributed by atoms with E-state index in [1.54, 1.807) is 13.2 Å². The average Bonchev–Trinajstić information content (AvgIpc) is 3.76. The van der Waals surface area contributed by atoms with Crippen LogP contribution in [-0.2, 0) is 22.5 Å². The maximum absolute atomic E-state index is 15.2. The van der Waals surface area contributed by atoms with Gasteiger partial charge >= 0.3 is 5.97 Å². The smallest absolute Gasteiger partial charge is 0.306 e. The van der Waals surface area contributed by atoms with E-state index in [9.17, 15) is 9.90 Å². The second-order valence-corrected chi connectivity index (χ2v) is 12.3. The van der Waals surface area contributed by atoms with Crippen LogP contribution in [0, 0.1) is 17.7 Å². The molecule has 3 aromatic rings. The molecular weight excluding hydrogens is 547 g/mol. The molecule has 4 atom stereocenters. The van der Waals surface area contributed by atoms with Crippen molar-refractivity contribution in [2.24, 2.45) is 11.8 Å². The molecule has 43 heavy (non-hydrogen) atoms. The van der Waals surface area contributed by atoms with E-state index >= 15 is 4.39 Å². The Hall–Kier alpha value is -3.49. The molecule has 7 nitrogen and oxygen atoms in total. The van der Waals surface area contributed by atoms with Crippen LogP contribution in [0.1, 0.15) is 73.3 Å². The first-order chi connectivity index (χ1) is 20.9. The van der Waals surface area contributed by atoms with Gasteiger partial charge in [0.15, 0.2) is 0 Å². The minimum atomic E-state index is -0.755. The van der Waals surface area contributed by atoms with Crippen molar-refractivity contribution < 1.29 is 28.5 Å². The monoisotopic (exact) mass is 588 g/mol. The fourth-order valence-electron chi connectivity index (χ4n) is 7.05. The Bertz CT molecular complexity index is 1470. The first-order valence-corrected chi connectivity index (χ1v) is 15.4. The van der Waals surface area contributed by atoms with Crippen LogP contribution in [0.25, 0.3) is 11.1 Å². The molecule has 1 saturated carbocycles. The van der Waals surface area contributed by atoms with Crippen LogP contribution in [0.2, 0.25) is 0 Å².